The van der Waals surface area contributed by atoms with Crippen LogP contribution in [0.15, 0.2) is 54.6 Å². The topological polar surface area (TPSA) is 43.9 Å². The minimum atomic E-state index is -0.0132. The Bertz CT molecular complexity index is 947. The van der Waals surface area contributed by atoms with Gasteiger partial charge in [0.1, 0.15) is 0 Å². The van der Waals surface area contributed by atoms with E-state index in [1.807, 2.05) is 72.2 Å². The summed E-state index contributed by atoms with van der Waals surface area (Å²) in [5.74, 6) is 0.0350. The molecule has 0 radical (unpaired) electrons. The fourth-order valence-corrected chi connectivity index (χ4v) is 4.43. The Morgan fingerprint density at radius 3 is 2.34 bits per heavy atom. The second-order valence-corrected chi connectivity index (χ2v) is 8.22. The van der Waals surface area contributed by atoms with E-state index in [2.05, 4.69) is 18.0 Å². The molecule has 1 saturated heterocycles. The number of carbonyl (C=O) groups excluding carboxylic acids is 2. The zero-order chi connectivity index (χ0) is 23.1. The lowest BCUT2D eigenvalue weighted by molar-refractivity contribution is -0.116. The zero-order valence-corrected chi connectivity index (χ0v) is 19.8. The van der Waals surface area contributed by atoms with Crippen LogP contribution in [0.3, 0.4) is 0 Å². The minimum absolute atomic E-state index is 0.0132. The second-order valence-electron chi connectivity index (χ2n) is 8.22. The Balaban J connectivity index is 0.00000141. The highest BCUT2D eigenvalue weighted by Gasteiger charge is 2.29. The van der Waals surface area contributed by atoms with E-state index in [4.69, 9.17) is 0 Å². The number of hydrogen-bond donors (Lipinski definition) is 0. The highest BCUT2D eigenvalue weighted by atomic mass is 16.2. The molecule has 0 aromatic heterocycles. The molecule has 0 N–H and O–H groups in total. The second kappa shape index (κ2) is 11.1. The van der Waals surface area contributed by atoms with E-state index in [9.17, 15) is 9.59 Å². The van der Waals surface area contributed by atoms with Crippen molar-refractivity contribution in [2.75, 3.05) is 36.5 Å². The summed E-state index contributed by atoms with van der Waals surface area (Å²) in [5, 5.41) is 0. The number of amides is 2. The number of benzene rings is 2. The number of fused-ring (bicyclic) bond motifs is 1. The molecule has 2 aliphatic heterocycles. The SMILES string of the molecule is CC.CC(=O)N1CCc2ccc(N(C(=O)/C=C/c3ccccc3)C3CCN(C)CC3)cc21. The summed E-state index contributed by atoms with van der Waals surface area (Å²) in [6, 6.07) is 16.2. The van der Waals surface area contributed by atoms with Crippen LogP contribution in [-0.2, 0) is 16.0 Å². The molecule has 170 valence electrons. The normalized spacial score (nSPS) is 16.4. The van der Waals surface area contributed by atoms with Crippen molar-refractivity contribution in [3.63, 3.8) is 0 Å². The van der Waals surface area contributed by atoms with Crippen LogP contribution in [0.5, 0.6) is 0 Å². The number of hydrogen-bond acceptors (Lipinski definition) is 3. The molecule has 0 spiro atoms. The van der Waals surface area contributed by atoms with Crippen LogP contribution in [0.4, 0.5) is 11.4 Å². The van der Waals surface area contributed by atoms with E-state index in [1.165, 1.54) is 5.56 Å². The Morgan fingerprint density at radius 2 is 1.69 bits per heavy atom. The minimum Gasteiger partial charge on any atom is -0.312 e. The summed E-state index contributed by atoms with van der Waals surface area (Å²) in [4.78, 5) is 31.5. The zero-order valence-electron chi connectivity index (χ0n) is 19.8. The summed E-state index contributed by atoms with van der Waals surface area (Å²) in [6.45, 7) is 8.26. The van der Waals surface area contributed by atoms with E-state index in [0.29, 0.717) is 6.54 Å². The van der Waals surface area contributed by atoms with Gasteiger partial charge in [-0.25, -0.2) is 0 Å². The molecular formula is C27H35N3O2. The van der Waals surface area contributed by atoms with Crippen molar-refractivity contribution in [2.24, 2.45) is 0 Å². The van der Waals surface area contributed by atoms with Crippen LogP contribution in [-0.4, -0.2) is 49.4 Å². The molecule has 0 unspecified atom stereocenters. The molecular weight excluding hydrogens is 398 g/mol. The first-order chi connectivity index (χ1) is 15.5. The van der Waals surface area contributed by atoms with Crippen molar-refractivity contribution in [2.45, 2.75) is 46.1 Å². The maximum absolute atomic E-state index is 13.4. The van der Waals surface area contributed by atoms with Gasteiger partial charge in [-0.3, -0.25) is 9.59 Å². The first-order valence-corrected chi connectivity index (χ1v) is 11.7. The van der Waals surface area contributed by atoms with E-state index < -0.39 is 0 Å². The van der Waals surface area contributed by atoms with Crippen molar-refractivity contribution in [3.05, 3.63) is 65.7 Å². The van der Waals surface area contributed by atoms with Crippen LogP contribution in [0.1, 0.15) is 44.7 Å². The lowest BCUT2D eigenvalue weighted by atomic mass is 10.0. The van der Waals surface area contributed by atoms with Gasteiger partial charge in [0.25, 0.3) is 5.91 Å². The number of anilines is 2. The predicted octanol–water partition coefficient (Wildman–Crippen LogP) is 4.76. The van der Waals surface area contributed by atoms with Gasteiger partial charge in [0, 0.05) is 37.0 Å². The molecule has 0 bridgehead atoms. The third-order valence-corrected chi connectivity index (χ3v) is 6.13. The molecule has 32 heavy (non-hydrogen) atoms. The van der Waals surface area contributed by atoms with Crippen LogP contribution in [0, 0.1) is 0 Å². The van der Waals surface area contributed by atoms with Gasteiger partial charge < -0.3 is 14.7 Å². The van der Waals surface area contributed by atoms with Crippen LogP contribution in [0.25, 0.3) is 6.08 Å². The smallest absolute Gasteiger partial charge is 0.251 e. The van der Waals surface area contributed by atoms with Crippen molar-refractivity contribution in [3.8, 4) is 0 Å². The first-order valence-electron chi connectivity index (χ1n) is 11.7. The lowest BCUT2D eigenvalue weighted by Gasteiger charge is -2.37. The van der Waals surface area contributed by atoms with Gasteiger partial charge in [0.2, 0.25) is 5.91 Å². The molecule has 2 amide bonds. The molecule has 5 nitrogen and oxygen atoms in total. The Morgan fingerprint density at radius 1 is 1.00 bits per heavy atom. The molecule has 0 saturated carbocycles. The van der Waals surface area contributed by atoms with Crippen molar-refractivity contribution in [1.29, 1.82) is 0 Å². The Kier molecular flexibility index (Phi) is 8.23. The average Bonchev–Trinajstić information content (AvgIpc) is 3.25. The van der Waals surface area contributed by atoms with E-state index in [-0.39, 0.29) is 17.9 Å². The summed E-state index contributed by atoms with van der Waals surface area (Å²) in [5.41, 5.74) is 3.99. The molecule has 0 aliphatic carbocycles. The Hall–Kier alpha value is -2.92. The van der Waals surface area contributed by atoms with Crippen molar-refractivity contribution in [1.82, 2.24) is 4.90 Å². The van der Waals surface area contributed by atoms with E-state index in [1.54, 1.807) is 13.0 Å². The number of nitrogens with zero attached hydrogens (tertiary/aromatic N) is 3. The van der Waals surface area contributed by atoms with Crippen molar-refractivity contribution < 1.29 is 9.59 Å². The van der Waals surface area contributed by atoms with Gasteiger partial charge in [0.05, 0.1) is 0 Å². The summed E-state index contributed by atoms with van der Waals surface area (Å²) < 4.78 is 0. The average molecular weight is 434 g/mol. The van der Waals surface area contributed by atoms with Gasteiger partial charge in [0.15, 0.2) is 0 Å². The number of rotatable bonds is 4. The third-order valence-electron chi connectivity index (χ3n) is 6.13. The standard InChI is InChI=1S/C25H29N3O2.C2H6/c1-19(29)27-17-12-21-9-10-23(18-24(21)27)28(22-13-15-26(2)16-14-22)25(30)11-8-20-6-4-3-5-7-20;1-2/h3-11,18,22H,12-17H2,1-2H3;1-2H3/b11-8+;. The summed E-state index contributed by atoms with van der Waals surface area (Å²) >= 11 is 0. The molecule has 1 fully saturated rings. The van der Waals surface area contributed by atoms with E-state index >= 15 is 0 Å². The van der Waals surface area contributed by atoms with Gasteiger partial charge >= 0.3 is 0 Å². The van der Waals surface area contributed by atoms with E-state index in [0.717, 1.165) is 49.3 Å². The quantitative estimate of drug-likeness (QED) is 0.653. The highest BCUT2D eigenvalue weighted by Crippen LogP contribution is 2.34. The van der Waals surface area contributed by atoms with Gasteiger partial charge in [-0.15, -0.1) is 0 Å². The van der Waals surface area contributed by atoms with Crippen LogP contribution < -0.4 is 9.80 Å². The van der Waals surface area contributed by atoms with Crippen LogP contribution in [0.2, 0.25) is 0 Å². The van der Waals surface area contributed by atoms with Crippen LogP contribution >= 0.6 is 0 Å². The molecule has 2 aliphatic rings. The highest BCUT2D eigenvalue weighted by molar-refractivity contribution is 6.05. The number of likely N-dealkylation sites (tertiary alicyclic amines) is 1. The molecule has 4 rings (SSSR count). The molecule has 2 heterocycles. The van der Waals surface area contributed by atoms with Gasteiger partial charge in [-0.05, 0) is 68.7 Å². The summed E-state index contributed by atoms with van der Waals surface area (Å²) in [7, 11) is 2.12. The van der Waals surface area contributed by atoms with Gasteiger partial charge in [-0.2, -0.15) is 0 Å². The Labute approximate surface area is 192 Å². The lowest BCUT2D eigenvalue weighted by Crippen LogP contribution is -2.46. The number of carbonyl (C=O) groups is 2. The van der Waals surface area contributed by atoms with Gasteiger partial charge in [-0.1, -0.05) is 50.2 Å². The monoisotopic (exact) mass is 433 g/mol. The van der Waals surface area contributed by atoms with Crippen molar-refractivity contribution >= 4 is 29.3 Å². The first kappa shape index (κ1) is 23.7. The fraction of sp³-hybridized carbons (Fsp3) is 0.407. The summed E-state index contributed by atoms with van der Waals surface area (Å²) in [6.07, 6.45) is 6.29. The largest absolute Gasteiger partial charge is 0.312 e. The predicted molar refractivity (Wildman–Crippen MR) is 133 cm³/mol. The molecule has 2 aromatic rings. The number of piperidine rings is 1. The third kappa shape index (κ3) is 5.46. The molecule has 0 atom stereocenters. The maximum Gasteiger partial charge on any atom is 0.251 e. The molecule has 5 heteroatoms. The maximum atomic E-state index is 13.4. The fourth-order valence-electron chi connectivity index (χ4n) is 4.43. The molecule has 2 aromatic carbocycles.